The number of aryl methyl sites for hydroxylation is 2. The van der Waals surface area contributed by atoms with E-state index in [2.05, 4.69) is 0 Å². The first kappa shape index (κ1) is 16.5. The molecule has 1 saturated heterocycles. The normalized spacial score (nSPS) is 19.6. The SMILES string of the molecule is Cc1cccc(C)c1N1C(=O)C[C@@H](SC[C@@H](N)C(=O)O)C1=O. The van der Waals surface area contributed by atoms with Crippen molar-refractivity contribution in [3.63, 3.8) is 0 Å². The lowest BCUT2D eigenvalue weighted by Crippen LogP contribution is -2.35. The quantitative estimate of drug-likeness (QED) is 0.787. The highest BCUT2D eigenvalue weighted by Gasteiger charge is 2.41. The molecule has 1 aliphatic heterocycles. The van der Waals surface area contributed by atoms with Crippen LogP contribution in [0.1, 0.15) is 17.5 Å². The van der Waals surface area contributed by atoms with Gasteiger partial charge in [0.2, 0.25) is 11.8 Å². The van der Waals surface area contributed by atoms with E-state index < -0.39 is 17.3 Å². The lowest BCUT2D eigenvalue weighted by atomic mass is 10.1. The molecule has 1 aliphatic rings. The number of carbonyl (C=O) groups is 3. The lowest BCUT2D eigenvalue weighted by molar-refractivity contribution is -0.138. The second-order valence-electron chi connectivity index (χ2n) is 5.28. The van der Waals surface area contributed by atoms with E-state index in [-0.39, 0.29) is 24.0 Å². The van der Waals surface area contributed by atoms with Gasteiger partial charge in [0.15, 0.2) is 0 Å². The summed E-state index contributed by atoms with van der Waals surface area (Å²) in [6, 6.07) is 4.53. The van der Waals surface area contributed by atoms with Crippen LogP contribution in [0.15, 0.2) is 18.2 Å². The minimum absolute atomic E-state index is 0.0730. The standard InChI is InChI=1S/C15H18N2O4S/c1-8-4-3-5-9(2)13(8)17-12(18)6-11(14(17)19)22-7-10(16)15(20)21/h3-5,10-11H,6-7,16H2,1-2H3,(H,20,21)/t10-,11-/m1/s1. The summed E-state index contributed by atoms with van der Waals surface area (Å²) in [4.78, 5) is 36.7. The Bertz CT molecular complexity index is 612. The minimum Gasteiger partial charge on any atom is -0.480 e. The van der Waals surface area contributed by atoms with Gasteiger partial charge in [-0.05, 0) is 25.0 Å². The second kappa shape index (κ2) is 6.50. The number of anilines is 1. The zero-order valence-electron chi connectivity index (χ0n) is 12.4. The summed E-state index contributed by atoms with van der Waals surface area (Å²) in [5, 5.41) is 8.20. The molecule has 0 aromatic heterocycles. The highest BCUT2D eigenvalue weighted by atomic mass is 32.2. The van der Waals surface area contributed by atoms with E-state index in [1.165, 1.54) is 4.90 Å². The summed E-state index contributed by atoms with van der Waals surface area (Å²) in [6.45, 7) is 3.70. The first-order chi connectivity index (χ1) is 10.3. The van der Waals surface area contributed by atoms with Gasteiger partial charge in [-0.3, -0.25) is 14.4 Å². The number of aliphatic carboxylic acids is 1. The molecule has 0 unspecified atom stereocenters. The van der Waals surface area contributed by atoms with Crippen LogP contribution in [0.2, 0.25) is 0 Å². The Morgan fingerprint density at radius 3 is 2.55 bits per heavy atom. The van der Waals surface area contributed by atoms with Gasteiger partial charge in [-0.1, -0.05) is 18.2 Å². The number of carboxylic acids is 1. The van der Waals surface area contributed by atoms with E-state index in [0.29, 0.717) is 5.69 Å². The third kappa shape index (κ3) is 3.15. The number of hydrogen-bond acceptors (Lipinski definition) is 5. The Morgan fingerprint density at radius 2 is 2.00 bits per heavy atom. The smallest absolute Gasteiger partial charge is 0.321 e. The predicted octanol–water partition coefficient (Wildman–Crippen LogP) is 1.08. The first-order valence-electron chi connectivity index (χ1n) is 6.86. The van der Waals surface area contributed by atoms with E-state index in [1.807, 2.05) is 32.0 Å². The zero-order chi connectivity index (χ0) is 16.4. The molecule has 2 amide bonds. The number of benzene rings is 1. The summed E-state index contributed by atoms with van der Waals surface area (Å²) < 4.78 is 0. The summed E-state index contributed by atoms with van der Waals surface area (Å²) in [6.07, 6.45) is 0.0730. The fourth-order valence-corrected chi connectivity index (χ4v) is 3.51. The highest BCUT2D eigenvalue weighted by molar-refractivity contribution is 8.00. The van der Waals surface area contributed by atoms with Crippen molar-refractivity contribution in [3.8, 4) is 0 Å². The molecule has 3 N–H and O–H groups in total. The van der Waals surface area contributed by atoms with Crippen molar-refractivity contribution in [2.24, 2.45) is 5.73 Å². The number of carbonyl (C=O) groups excluding carboxylic acids is 2. The maximum absolute atomic E-state index is 12.5. The molecule has 22 heavy (non-hydrogen) atoms. The molecule has 0 saturated carbocycles. The largest absolute Gasteiger partial charge is 0.480 e. The van der Waals surface area contributed by atoms with Crippen LogP contribution in [0.25, 0.3) is 0 Å². The number of amides is 2. The van der Waals surface area contributed by atoms with Gasteiger partial charge in [0, 0.05) is 12.2 Å². The number of nitrogens with zero attached hydrogens (tertiary/aromatic N) is 1. The van der Waals surface area contributed by atoms with E-state index in [9.17, 15) is 14.4 Å². The number of thioether (sulfide) groups is 1. The van der Waals surface area contributed by atoms with Crippen molar-refractivity contribution in [2.45, 2.75) is 31.6 Å². The van der Waals surface area contributed by atoms with Gasteiger partial charge in [-0.15, -0.1) is 11.8 Å². The number of para-hydroxylation sites is 1. The van der Waals surface area contributed by atoms with E-state index in [0.717, 1.165) is 22.9 Å². The van der Waals surface area contributed by atoms with Gasteiger partial charge >= 0.3 is 5.97 Å². The average Bonchev–Trinajstić information content (AvgIpc) is 2.72. The molecule has 7 heteroatoms. The molecule has 0 bridgehead atoms. The topological polar surface area (TPSA) is 101 Å². The van der Waals surface area contributed by atoms with Crippen LogP contribution in [0, 0.1) is 13.8 Å². The van der Waals surface area contributed by atoms with Gasteiger partial charge in [0.05, 0.1) is 10.9 Å². The third-order valence-corrected chi connectivity index (χ3v) is 4.88. The molecule has 0 radical (unpaired) electrons. The summed E-state index contributed by atoms with van der Waals surface area (Å²) >= 11 is 1.12. The second-order valence-corrected chi connectivity index (χ2v) is 6.51. The number of nitrogens with two attached hydrogens (primary N) is 1. The Morgan fingerprint density at radius 1 is 1.41 bits per heavy atom. The van der Waals surface area contributed by atoms with E-state index in [4.69, 9.17) is 10.8 Å². The maximum Gasteiger partial charge on any atom is 0.321 e. The lowest BCUT2D eigenvalue weighted by Gasteiger charge is -2.20. The molecular formula is C15H18N2O4S. The molecule has 1 aromatic carbocycles. The number of rotatable bonds is 5. The first-order valence-corrected chi connectivity index (χ1v) is 7.90. The Balaban J connectivity index is 2.17. The van der Waals surface area contributed by atoms with Crippen molar-refractivity contribution in [1.82, 2.24) is 0 Å². The van der Waals surface area contributed by atoms with Gasteiger partial charge in [-0.25, -0.2) is 4.90 Å². The van der Waals surface area contributed by atoms with Crippen LogP contribution in [0.4, 0.5) is 5.69 Å². The van der Waals surface area contributed by atoms with Crippen molar-refractivity contribution in [2.75, 3.05) is 10.7 Å². The predicted molar refractivity (Wildman–Crippen MR) is 84.9 cm³/mol. The zero-order valence-corrected chi connectivity index (χ0v) is 13.2. The Kier molecular flexibility index (Phi) is 4.87. The van der Waals surface area contributed by atoms with Crippen LogP contribution >= 0.6 is 11.8 Å². The molecule has 6 nitrogen and oxygen atoms in total. The Labute approximate surface area is 132 Å². The molecule has 0 aliphatic carbocycles. The third-order valence-electron chi connectivity index (χ3n) is 3.56. The molecule has 118 valence electrons. The number of hydrogen-bond donors (Lipinski definition) is 2. The van der Waals surface area contributed by atoms with E-state index >= 15 is 0 Å². The van der Waals surface area contributed by atoms with Crippen LogP contribution in [-0.4, -0.2) is 39.9 Å². The molecule has 1 heterocycles. The Hall–Kier alpha value is -1.86. The average molecular weight is 322 g/mol. The monoisotopic (exact) mass is 322 g/mol. The van der Waals surface area contributed by atoms with Gasteiger partial charge in [0.25, 0.3) is 0 Å². The molecule has 0 spiro atoms. The van der Waals surface area contributed by atoms with Crippen LogP contribution in [-0.2, 0) is 14.4 Å². The van der Waals surface area contributed by atoms with Crippen LogP contribution in [0.5, 0.6) is 0 Å². The van der Waals surface area contributed by atoms with E-state index in [1.54, 1.807) is 0 Å². The summed E-state index contributed by atoms with van der Waals surface area (Å²) in [5.41, 5.74) is 7.78. The van der Waals surface area contributed by atoms with Crippen molar-refractivity contribution < 1.29 is 19.5 Å². The molecule has 1 aromatic rings. The summed E-state index contributed by atoms with van der Waals surface area (Å²) in [5.74, 6) is -1.58. The molecule has 1 fully saturated rings. The van der Waals surface area contributed by atoms with Crippen LogP contribution < -0.4 is 10.6 Å². The fraction of sp³-hybridized carbons (Fsp3) is 0.400. The summed E-state index contributed by atoms with van der Waals surface area (Å²) in [7, 11) is 0. The molecule has 2 atom stereocenters. The highest BCUT2D eigenvalue weighted by Crippen LogP contribution is 2.33. The van der Waals surface area contributed by atoms with Gasteiger partial charge in [0.1, 0.15) is 6.04 Å². The minimum atomic E-state index is -1.11. The van der Waals surface area contributed by atoms with Crippen molar-refractivity contribution in [1.29, 1.82) is 0 Å². The van der Waals surface area contributed by atoms with Crippen molar-refractivity contribution in [3.05, 3.63) is 29.3 Å². The fourth-order valence-electron chi connectivity index (χ4n) is 2.42. The number of imide groups is 1. The van der Waals surface area contributed by atoms with Gasteiger partial charge < -0.3 is 10.8 Å². The molecule has 2 rings (SSSR count). The van der Waals surface area contributed by atoms with Crippen LogP contribution in [0.3, 0.4) is 0 Å². The molecular weight excluding hydrogens is 304 g/mol. The van der Waals surface area contributed by atoms with Gasteiger partial charge in [-0.2, -0.15) is 0 Å². The maximum atomic E-state index is 12.5. The number of carboxylic acid groups (broad SMARTS) is 1. The van der Waals surface area contributed by atoms with Crippen molar-refractivity contribution >= 4 is 35.2 Å².